The van der Waals surface area contributed by atoms with E-state index in [4.69, 9.17) is 14.2 Å². The molecule has 1 saturated heterocycles. The van der Waals surface area contributed by atoms with E-state index < -0.39 is 0 Å². The number of hydrogen-bond acceptors (Lipinski definition) is 4. The Hall–Kier alpha value is -1.95. The molecule has 2 aliphatic heterocycles. The number of fused-ring (bicyclic) bond motifs is 2. The number of carbonyl (C=O) groups excluding carboxylic acids is 1. The van der Waals surface area contributed by atoms with Gasteiger partial charge in [-0.2, -0.15) is 0 Å². The first-order chi connectivity index (χ1) is 11.3. The molecule has 1 aromatic carbocycles. The number of morpholine rings is 1. The van der Waals surface area contributed by atoms with Crippen molar-refractivity contribution >= 4 is 6.03 Å². The maximum Gasteiger partial charge on any atom is 0.318 e. The molecule has 2 amide bonds. The van der Waals surface area contributed by atoms with Gasteiger partial charge in [0, 0.05) is 13.1 Å². The molecule has 1 unspecified atom stereocenters. The second-order valence-electron chi connectivity index (χ2n) is 6.19. The van der Waals surface area contributed by atoms with Crippen LogP contribution in [0.1, 0.15) is 30.0 Å². The number of hydrogen-bond donors (Lipinski definition) is 1. The van der Waals surface area contributed by atoms with Crippen LogP contribution in [-0.2, 0) is 11.2 Å². The number of carbonyl (C=O) groups is 1. The van der Waals surface area contributed by atoms with Crippen LogP contribution in [-0.4, -0.2) is 50.4 Å². The summed E-state index contributed by atoms with van der Waals surface area (Å²) in [4.78, 5) is 14.3. The number of ether oxygens (including phenoxy) is 3. The standard InChI is InChI=1S/C17H22N2O4/c20-17(19-4-6-21-7-5-19)18-14-3-1-2-12-10-15-16(11-13(12)14)23-9-8-22-15/h10-11,14H,1-9H2,(H,18,20). The van der Waals surface area contributed by atoms with E-state index in [1.165, 1.54) is 11.1 Å². The summed E-state index contributed by atoms with van der Waals surface area (Å²) >= 11 is 0. The lowest BCUT2D eigenvalue weighted by atomic mass is 9.87. The SMILES string of the molecule is O=C(NC1CCCc2cc3c(cc21)OCCO3)N1CCOCC1. The number of nitrogens with zero attached hydrogens (tertiary/aromatic N) is 1. The topological polar surface area (TPSA) is 60.0 Å². The predicted octanol–water partition coefficient (Wildman–Crippen LogP) is 1.88. The smallest absolute Gasteiger partial charge is 0.318 e. The lowest BCUT2D eigenvalue weighted by Crippen LogP contribution is -2.47. The van der Waals surface area contributed by atoms with Crippen LogP contribution in [0.3, 0.4) is 0 Å². The van der Waals surface area contributed by atoms with Crippen molar-refractivity contribution in [1.29, 1.82) is 0 Å². The zero-order valence-corrected chi connectivity index (χ0v) is 13.2. The Morgan fingerprint density at radius 3 is 2.61 bits per heavy atom. The quantitative estimate of drug-likeness (QED) is 0.859. The van der Waals surface area contributed by atoms with Crippen molar-refractivity contribution in [1.82, 2.24) is 10.2 Å². The maximum atomic E-state index is 12.5. The summed E-state index contributed by atoms with van der Waals surface area (Å²) in [6, 6.07) is 4.18. The second-order valence-corrected chi connectivity index (χ2v) is 6.19. The molecule has 0 saturated carbocycles. The van der Waals surface area contributed by atoms with E-state index >= 15 is 0 Å². The summed E-state index contributed by atoms with van der Waals surface area (Å²) < 4.78 is 16.7. The zero-order chi connectivity index (χ0) is 15.6. The number of urea groups is 1. The van der Waals surface area contributed by atoms with E-state index in [9.17, 15) is 4.79 Å². The van der Waals surface area contributed by atoms with Gasteiger partial charge in [0.15, 0.2) is 11.5 Å². The van der Waals surface area contributed by atoms with Gasteiger partial charge in [-0.25, -0.2) is 4.79 Å². The molecule has 1 N–H and O–H groups in total. The number of nitrogens with one attached hydrogen (secondary N) is 1. The van der Waals surface area contributed by atoms with Gasteiger partial charge in [0.1, 0.15) is 13.2 Å². The first-order valence-electron chi connectivity index (χ1n) is 8.37. The molecule has 124 valence electrons. The van der Waals surface area contributed by atoms with Crippen LogP contribution >= 0.6 is 0 Å². The van der Waals surface area contributed by atoms with E-state index in [-0.39, 0.29) is 12.1 Å². The van der Waals surface area contributed by atoms with Crippen molar-refractivity contribution in [2.24, 2.45) is 0 Å². The summed E-state index contributed by atoms with van der Waals surface area (Å²) in [7, 11) is 0. The van der Waals surface area contributed by atoms with Gasteiger partial charge in [-0.15, -0.1) is 0 Å². The van der Waals surface area contributed by atoms with Crippen LogP contribution in [0, 0.1) is 0 Å². The molecule has 23 heavy (non-hydrogen) atoms. The number of aryl methyl sites for hydroxylation is 1. The molecule has 6 nitrogen and oxygen atoms in total. The molecule has 0 bridgehead atoms. The minimum absolute atomic E-state index is 0.000962. The first-order valence-corrected chi connectivity index (χ1v) is 8.37. The highest BCUT2D eigenvalue weighted by Crippen LogP contribution is 2.39. The van der Waals surface area contributed by atoms with Crippen molar-refractivity contribution in [3.8, 4) is 11.5 Å². The van der Waals surface area contributed by atoms with Crippen molar-refractivity contribution < 1.29 is 19.0 Å². The second kappa shape index (κ2) is 6.28. The van der Waals surface area contributed by atoms with Gasteiger partial charge in [-0.05, 0) is 42.5 Å². The van der Waals surface area contributed by atoms with Crippen LogP contribution in [0.25, 0.3) is 0 Å². The van der Waals surface area contributed by atoms with E-state index in [1.807, 2.05) is 11.0 Å². The fourth-order valence-electron chi connectivity index (χ4n) is 3.50. The van der Waals surface area contributed by atoms with E-state index in [0.29, 0.717) is 39.5 Å². The molecule has 1 fully saturated rings. The lowest BCUT2D eigenvalue weighted by molar-refractivity contribution is 0.0523. The van der Waals surface area contributed by atoms with E-state index in [1.54, 1.807) is 0 Å². The highest BCUT2D eigenvalue weighted by atomic mass is 16.6. The molecule has 4 rings (SSSR count). The molecule has 1 atom stereocenters. The maximum absolute atomic E-state index is 12.5. The lowest BCUT2D eigenvalue weighted by Gasteiger charge is -2.32. The fourth-order valence-corrected chi connectivity index (χ4v) is 3.50. The van der Waals surface area contributed by atoms with Crippen LogP contribution in [0.15, 0.2) is 12.1 Å². The number of rotatable bonds is 1. The molecule has 0 spiro atoms. The molecule has 2 heterocycles. The molecule has 1 aliphatic carbocycles. The summed E-state index contributed by atoms with van der Waals surface area (Å²) in [5.41, 5.74) is 2.43. The van der Waals surface area contributed by atoms with Gasteiger partial charge in [0.25, 0.3) is 0 Å². The fraction of sp³-hybridized carbons (Fsp3) is 0.588. The highest BCUT2D eigenvalue weighted by molar-refractivity contribution is 5.75. The van der Waals surface area contributed by atoms with E-state index in [2.05, 4.69) is 11.4 Å². The van der Waals surface area contributed by atoms with Crippen LogP contribution < -0.4 is 14.8 Å². The Balaban J connectivity index is 1.53. The highest BCUT2D eigenvalue weighted by Gasteiger charge is 2.27. The molecular weight excluding hydrogens is 296 g/mol. The predicted molar refractivity (Wildman–Crippen MR) is 84.0 cm³/mol. The normalized spacial score (nSPS) is 23.1. The average Bonchev–Trinajstić information content (AvgIpc) is 2.61. The van der Waals surface area contributed by atoms with E-state index in [0.717, 1.165) is 30.8 Å². The summed E-state index contributed by atoms with van der Waals surface area (Å²) in [6.45, 7) is 3.74. The Kier molecular flexibility index (Phi) is 3.99. The van der Waals surface area contributed by atoms with Gasteiger partial charge in [0.2, 0.25) is 0 Å². The first kappa shape index (κ1) is 14.6. The summed E-state index contributed by atoms with van der Waals surface area (Å²) in [5, 5.41) is 3.19. The largest absolute Gasteiger partial charge is 0.486 e. The van der Waals surface area contributed by atoms with Gasteiger partial charge < -0.3 is 24.4 Å². The van der Waals surface area contributed by atoms with Crippen LogP contribution in [0.2, 0.25) is 0 Å². The van der Waals surface area contributed by atoms with Gasteiger partial charge in [0.05, 0.1) is 19.3 Å². The Labute approximate surface area is 135 Å². The monoisotopic (exact) mass is 318 g/mol. The van der Waals surface area contributed by atoms with Crippen molar-refractivity contribution in [3.05, 3.63) is 23.3 Å². The molecule has 0 aromatic heterocycles. The van der Waals surface area contributed by atoms with Crippen molar-refractivity contribution in [2.75, 3.05) is 39.5 Å². The Morgan fingerprint density at radius 1 is 1.09 bits per heavy atom. The Morgan fingerprint density at radius 2 is 1.83 bits per heavy atom. The van der Waals surface area contributed by atoms with Crippen LogP contribution in [0.4, 0.5) is 4.79 Å². The van der Waals surface area contributed by atoms with Gasteiger partial charge in [-0.1, -0.05) is 0 Å². The zero-order valence-electron chi connectivity index (χ0n) is 13.2. The molecular formula is C17H22N2O4. The minimum Gasteiger partial charge on any atom is -0.486 e. The third-order valence-corrected chi connectivity index (χ3v) is 4.71. The number of amides is 2. The number of benzene rings is 1. The van der Waals surface area contributed by atoms with Gasteiger partial charge >= 0.3 is 6.03 Å². The van der Waals surface area contributed by atoms with Crippen molar-refractivity contribution in [3.63, 3.8) is 0 Å². The molecule has 1 aromatic rings. The molecule has 3 aliphatic rings. The summed E-state index contributed by atoms with van der Waals surface area (Å²) in [6.07, 6.45) is 3.05. The van der Waals surface area contributed by atoms with Crippen LogP contribution in [0.5, 0.6) is 11.5 Å². The third-order valence-electron chi connectivity index (χ3n) is 4.71. The molecule has 6 heteroatoms. The summed E-state index contributed by atoms with van der Waals surface area (Å²) in [5.74, 6) is 1.62. The molecule has 0 radical (unpaired) electrons. The average molecular weight is 318 g/mol. The van der Waals surface area contributed by atoms with Crippen molar-refractivity contribution in [2.45, 2.75) is 25.3 Å². The minimum atomic E-state index is 0.000962. The Bertz CT molecular complexity index is 599. The van der Waals surface area contributed by atoms with Gasteiger partial charge in [-0.3, -0.25) is 0 Å². The third kappa shape index (κ3) is 2.95.